The van der Waals surface area contributed by atoms with Crippen LogP contribution in [0.25, 0.3) is 39.2 Å². The maximum atomic E-state index is 4.93. The summed E-state index contributed by atoms with van der Waals surface area (Å²) in [5.74, 6) is 1.68. The highest BCUT2D eigenvalue weighted by Crippen LogP contribution is 2.31. The van der Waals surface area contributed by atoms with Gasteiger partial charge in [-0.1, -0.05) is 6.08 Å². The molecule has 0 atom stereocenters. The van der Waals surface area contributed by atoms with E-state index in [4.69, 9.17) is 4.98 Å². The average molecular weight is 416 g/mol. The van der Waals surface area contributed by atoms with Gasteiger partial charge in [-0.2, -0.15) is 5.10 Å². The van der Waals surface area contributed by atoms with E-state index in [0.29, 0.717) is 0 Å². The van der Waals surface area contributed by atoms with Crippen molar-refractivity contribution < 1.29 is 0 Å². The van der Waals surface area contributed by atoms with Crippen molar-refractivity contribution in [2.45, 2.75) is 6.42 Å². The number of aromatic amines is 2. The lowest BCUT2D eigenvalue weighted by Crippen LogP contribution is -2.44. The van der Waals surface area contributed by atoms with Crippen molar-refractivity contribution in [2.75, 3.05) is 51.2 Å². The van der Waals surface area contributed by atoms with Crippen molar-refractivity contribution in [2.24, 2.45) is 0 Å². The number of rotatable bonds is 3. The molecule has 4 aromatic heterocycles. The van der Waals surface area contributed by atoms with Gasteiger partial charge in [-0.25, -0.2) is 15.0 Å². The first kappa shape index (κ1) is 18.5. The monoisotopic (exact) mass is 415 g/mol. The van der Waals surface area contributed by atoms with E-state index in [2.05, 4.69) is 59.5 Å². The summed E-state index contributed by atoms with van der Waals surface area (Å²) in [6.45, 7) is 5.85. The van der Waals surface area contributed by atoms with Crippen LogP contribution in [0.3, 0.4) is 0 Å². The van der Waals surface area contributed by atoms with E-state index in [9.17, 15) is 0 Å². The summed E-state index contributed by atoms with van der Waals surface area (Å²) in [5, 5.41) is 11.9. The number of fused-ring (bicyclic) bond motifs is 2. The minimum Gasteiger partial charge on any atom is -0.352 e. The first-order chi connectivity index (χ1) is 15.3. The Morgan fingerprint density at radius 1 is 1.10 bits per heavy atom. The summed E-state index contributed by atoms with van der Waals surface area (Å²) < 4.78 is 0. The summed E-state index contributed by atoms with van der Waals surface area (Å²) in [4.78, 5) is 22.3. The molecule has 3 N–H and O–H groups in total. The van der Waals surface area contributed by atoms with Gasteiger partial charge in [-0.3, -0.25) is 5.10 Å². The third kappa shape index (κ3) is 3.26. The topological polar surface area (TPSA) is 102 Å². The molecule has 2 aliphatic rings. The molecule has 1 fully saturated rings. The van der Waals surface area contributed by atoms with Crippen LogP contribution in [0, 0.1) is 0 Å². The number of hydrogen-bond donors (Lipinski definition) is 3. The molecule has 0 spiro atoms. The smallest absolute Gasteiger partial charge is 0.159 e. The SMILES string of the molecule is CN1CCN(c2nccc3[nH]c(-c4n[nH]c5ncc(C6=CCNCC6)cc45)nc23)CC1. The van der Waals surface area contributed by atoms with E-state index in [1.54, 1.807) is 0 Å². The van der Waals surface area contributed by atoms with Crippen LogP contribution in [0.5, 0.6) is 0 Å². The van der Waals surface area contributed by atoms with Gasteiger partial charge in [0.05, 0.1) is 10.9 Å². The zero-order chi connectivity index (χ0) is 20.8. The summed E-state index contributed by atoms with van der Waals surface area (Å²) >= 11 is 0. The van der Waals surface area contributed by atoms with Gasteiger partial charge in [0.25, 0.3) is 0 Å². The van der Waals surface area contributed by atoms with Crippen LogP contribution in [0.15, 0.2) is 30.6 Å². The molecule has 2 aliphatic heterocycles. The first-order valence-electron chi connectivity index (χ1n) is 10.8. The molecule has 0 saturated carbocycles. The Labute approximate surface area is 179 Å². The number of anilines is 1. The van der Waals surface area contributed by atoms with Gasteiger partial charge in [0.2, 0.25) is 0 Å². The van der Waals surface area contributed by atoms with Crippen molar-refractivity contribution in [3.8, 4) is 11.5 Å². The highest BCUT2D eigenvalue weighted by molar-refractivity contribution is 5.95. The number of nitrogens with zero attached hydrogens (tertiary/aromatic N) is 6. The summed E-state index contributed by atoms with van der Waals surface area (Å²) in [7, 11) is 2.16. The van der Waals surface area contributed by atoms with E-state index in [-0.39, 0.29) is 0 Å². The lowest BCUT2D eigenvalue weighted by Gasteiger charge is -2.33. The van der Waals surface area contributed by atoms with Crippen molar-refractivity contribution in [1.82, 2.24) is 40.3 Å². The molecule has 0 aromatic carbocycles. The maximum Gasteiger partial charge on any atom is 0.159 e. The minimum atomic E-state index is 0.739. The summed E-state index contributed by atoms with van der Waals surface area (Å²) in [6, 6.07) is 4.15. The zero-order valence-electron chi connectivity index (χ0n) is 17.5. The number of hydrogen-bond acceptors (Lipinski definition) is 7. The number of aromatic nitrogens is 6. The number of likely N-dealkylation sites (N-methyl/N-ethyl adjacent to an activating group) is 1. The second kappa shape index (κ2) is 7.44. The van der Waals surface area contributed by atoms with Crippen LogP contribution < -0.4 is 10.2 Å². The van der Waals surface area contributed by atoms with Crippen molar-refractivity contribution in [3.63, 3.8) is 0 Å². The molecular weight excluding hydrogens is 390 g/mol. The molecule has 0 bridgehead atoms. The lowest BCUT2D eigenvalue weighted by atomic mass is 10.0. The fourth-order valence-corrected chi connectivity index (χ4v) is 4.43. The molecule has 6 heterocycles. The second-order valence-electron chi connectivity index (χ2n) is 8.28. The maximum absolute atomic E-state index is 4.93. The molecule has 158 valence electrons. The Bertz CT molecular complexity index is 1280. The number of H-pyrrole nitrogens is 2. The van der Waals surface area contributed by atoms with E-state index < -0.39 is 0 Å². The van der Waals surface area contributed by atoms with Gasteiger partial charge in [0, 0.05) is 45.1 Å². The van der Waals surface area contributed by atoms with Crippen LogP contribution in [0.2, 0.25) is 0 Å². The number of imidazole rings is 1. The third-order valence-electron chi connectivity index (χ3n) is 6.26. The third-order valence-corrected chi connectivity index (χ3v) is 6.26. The molecule has 9 nitrogen and oxygen atoms in total. The van der Waals surface area contributed by atoms with Crippen molar-refractivity contribution >= 4 is 33.5 Å². The molecule has 0 unspecified atom stereocenters. The number of nitrogens with one attached hydrogen (secondary N) is 3. The Morgan fingerprint density at radius 3 is 2.84 bits per heavy atom. The number of piperazine rings is 1. The fourth-order valence-electron chi connectivity index (χ4n) is 4.43. The largest absolute Gasteiger partial charge is 0.352 e. The molecule has 0 aliphatic carbocycles. The van der Waals surface area contributed by atoms with Crippen molar-refractivity contribution in [3.05, 3.63) is 36.2 Å². The van der Waals surface area contributed by atoms with E-state index in [1.807, 2.05) is 18.5 Å². The molecule has 1 saturated heterocycles. The Kier molecular flexibility index (Phi) is 4.43. The lowest BCUT2D eigenvalue weighted by molar-refractivity contribution is 0.312. The van der Waals surface area contributed by atoms with Gasteiger partial charge in [0.1, 0.15) is 11.2 Å². The quantitative estimate of drug-likeness (QED) is 0.471. The molecule has 31 heavy (non-hydrogen) atoms. The van der Waals surface area contributed by atoms with Crippen LogP contribution >= 0.6 is 0 Å². The minimum absolute atomic E-state index is 0.739. The Balaban J connectivity index is 1.42. The summed E-state index contributed by atoms with van der Waals surface area (Å²) in [6.07, 6.45) is 7.02. The average Bonchev–Trinajstić information content (AvgIpc) is 3.43. The Hall–Kier alpha value is -3.30. The highest BCUT2D eigenvalue weighted by atomic mass is 15.3. The molecule has 9 heteroatoms. The Morgan fingerprint density at radius 2 is 2.00 bits per heavy atom. The molecule has 0 amide bonds. The van der Waals surface area contributed by atoms with Crippen molar-refractivity contribution in [1.29, 1.82) is 0 Å². The van der Waals surface area contributed by atoms with Gasteiger partial charge >= 0.3 is 0 Å². The van der Waals surface area contributed by atoms with Crippen LogP contribution in [0.1, 0.15) is 12.0 Å². The van der Waals surface area contributed by atoms with E-state index in [1.165, 1.54) is 5.57 Å². The normalized spacial score (nSPS) is 18.1. The van der Waals surface area contributed by atoms with Gasteiger partial charge in [0.15, 0.2) is 17.3 Å². The van der Waals surface area contributed by atoms with Crippen LogP contribution in [-0.2, 0) is 0 Å². The van der Waals surface area contributed by atoms with E-state index in [0.717, 1.165) is 90.7 Å². The molecule has 0 radical (unpaired) electrons. The predicted molar refractivity (Wildman–Crippen MR) is 122 cm³/mol. The molecule has 4 aromatic rings. The second-order valence-corrected chi connectivity index (χ2v) is 8.28. The fraction of sp³-hybridized carbons (Fsp3) is 0.364. The molecule has 6 rings (SSSR count). The van der Waals surface area contributed by atoms with Gasteiger partial charge < -0.3 is 20.1 Å². The first-order valence-corrected chi connectivity index (χ1v) is 10.8. The standard InChI is InChI=1S/C22H25N9/c1-30-8-10-31(11-9-30)22-19-17(4-7-24-22)26-21(27-19)18-16-12-15(13-25-20(16)29-28-18)14-2-5-23-6-3-14/h2,4,7,12-13,23H,3,5-6,8-11H2,1H3,(H,26,27)(H,25,28,29). The molecular formula is C22H25N9. The van der Waals surface area contributed by atoms with Gasteiger partial charge in [-0.05, 0) is 43.3 Å². The zero-order valence-corrected chi connectivity index (χ0v) is 17.5. The number of pyridine rings is 2. The van der Waals surface area contributed by atoms with E-state index >= 15 is 0 Å². The summed E-state index contributed by atoms with van der Waals surface area (Å²) in [5.41, 5.74) is 5.90. The highest BCUT2D eigenvalue weighted by Gasteiger charge is 2.21. The van der Waals surface area contributed by atoms with Crippen LogP contribution in [-0.4, -0.2) is 81.3 Å². The predicted octanol–water partition coefficient (Wildman–Crippen LogP) is 2.02. The van der Waals surface area contributed by atoms with Crippen LogP contribution in [0.4, 0.5) is 5.82 Å². The van der Waals surface area contributed by atoms with Gasteiger partial charge in [-0.15, -0.1) is 0 Å².